The van der Waals surface area contributed by atoms with Gasteiger partial charge in [0, 0.05) is 5.92 Å². The maximum atomic E-state index is 11.6. The van der Waals surface area contributed by atoms with E-state index in [0.29, 0.717) is 0 Å². The molecule has 1 aliphatic carbocycles. The predicted octanol–water partition coefficient (Wildman–Crippen LogP) is 1.18. The molecule has 1 fully saturated rings. The fourth-order valence-electron chi connectivity index (χ4n) is 0.916. The lowest BCUT2D eigenvalue weighted by atomic mass is 10.2. The molecule has 1 rings (SSSR count). The first-order valence-corrected chi connectivity index (χ1v) is 2.82. The zero-order valence-electron chi connectivity index (χ0n) is 4.86. The van der Waals surface area contributed by atoms with Gasteiger partial charge in [0.25, 0.3) is 0 Å². The van der Waals surface area contributed by atoms with Crippen molar-refractivity contribution in [1.82, 2.24) is 0 Å². The summed E-state index contributed by atoms with van der Waals surface area (Å²) in [6.45, 7) is 1.21. The van der Waals surface area contributed by atoms with Crippen LogP contribution in [-0.4, -0.2) is 12.5 Å². The van der Waals surface area contributed by atoms with Crippen molar-refractivity contribution in [2.45, 2.75) is 13.3 Å². The average Bonchev–Trinajstić information content (AvgIpc) is 2.42. The second kappa shape index (κ2) is 1.84. The molecule has 0 aromatic heterocycles. The van der Waals surface area contributed by atoms with Crippen molar-refractivity contribution in [1.29, 1.82) is 0 Å². The molecule has 0 heterocycles. The minimum absolute atomic E-state index is 0.0694. The third-order valence-corrected chi connectivity index (χ3v) is 1.64. The van der Waals surface area contributed by atoms with Gasteiger partial charge in [-0.05, 0) is 19.3 Å². The number of hydrogen-bond donors (Lipinski definition) is 0. The normalized spacial score (nSPS) is 34.8. The van der Waals surface area contributed by atoms with Crippen LogP contribution >= 0.6 is 0 Å². The summed E-state index contributed by atoms with van der Waals surface area (Å²) in [5.74, 6) is 0.292. The second-order valence-corrected chi connectivity index (χ2v) is 2.37. The molecule has 1 nitrogen and oxygen atoms in total. The molecule has 0 aromatic rings. The van der Waals surface area contributed by atoms with Crippen LogP contribution in [0.15, 0.2) is 0 Å². The van der Waals surface area contributed by atoms with Crippen molar-refractivity contribution in [3.8, 4) is 0 Å². The molecular weight excluding hydrogens is 107 g/mol. The largest absolute Gasteiger partial charge is 0.300 e. The third-order valence-electron chi connectivity index (χ3n) is 1.64. The van der Waals surface area contributed by atoms with E-state index >= 15 is 0 Å². The van der Waals surface area contributed by atoms with Gasteiger partial charge in [0.2, 0.25) is 0 Å². The Balaban J connectivity index is 2.26. The van der Waals surface area contributed by atoms with E-state index in [4.69, 9.17) is 0 Å². The van der Waals surface area contributed by atoms with Crippen molar-refractivity contribution in [3.63, 3.8) is 0 Å². The molecule has 0 N–H and O–H groups in total. The summed E-state index contributed by atoms with van der Waals surface area (Å²) in [6, 6.07) is 0. The Bertz CT molecular complexity index is 111. The lowest BCUT2D eigenvalue weighted by molar-refractivity contribution is -0.118. The molecule has 2 heteroatoms. The van der Waals surface area contributed by atoms with Gasteiger partial charge in [-0.25, -0.2) is 0 Å². The van der Waals surface area contributed by atoms with Gasteiger partial charge < -0.3 is 0 Å². The summed E-state index contributed by atoms with van der Waals surface area (Å²) in [7, 11) is 0. The molecule has 8 heavy (non-hydrogen) atoms. The Hall–Kier alpha value is -0.400. The van der Waals surface area contributed by atoms with Crippen molar-refractivity contribution < 1.29 is 9.18 Å². The van der Waals surface area contributed by atoms with Crippen LogP contribution in [0.1, 0.15) is 13.3 Å². The van der Waals surface area contributed by atoms with Gasteiger partial charge in [-0.1, -0.05) is 0 Å². The van der Waals surface area contributed by atoms with E-state index in [0.717, 1.165) is 6.42 Å². The molecule has 0 spiro atoms. The van der Waals surface area contributed by atoms with E-state index in [1.807, 2.05) is 0 Å². The second-order valence-electron chi connectivity index (χ2n) is 2.37. The number of carbonyl (C=O) groups is 1. The molecule has 0 radical (unpaired) electrons. The highest BCUT2D eigenvalue weighted by molar-refractivity contribution is 5.81. The standard InChI is InChI=1S/C6H9FO/c1-4(8)6-2-5(6)3-7/h5-6H,2-3H2,1H3/t5-,6-/m1/s1. The van der Waals surface area contributed by atoms with E-state index in [1.54, 1.807) is 0 Å². The van der Waals surface area contributed by atoms with Crippen LogP contribution in [0.25, 0.3) is 0 Å². The number of alkyl halides is 1. The van der Waals surface area contributed by atoms with E-state index in [9.17, 15) is 9.18 Å². The van der Waals surface area contributed by atoms with Crippen LogP contribution in [0.2, 0.25) is 0 Å². The zero-order chi connectivity index (χ0) is 6.15. The van der Waals surface area contributed by atoms with E-state index < -0.39 is 0 Å². The summed E-state index contributed by atoms with van der Waals surface area (Å²) >= 11 is 0. The van der Waals surface area contributed by atoms with Crippen LogP contribution in [0.5, 0.6) is 0 Å². The molecule has 1 saturated carbocycles. The molecule has 0 saturated heterocycles. The van der Waals surface area contributed by atoms with Gasteiger partial charge in [0.1, 0.15) is 5.78 Å². The van der Waals surface area contributed by atoms with Crippen molar-refractivity contribution >= 4 is 5.78 Å². The number of ketones is 1. The van der Waals surface area contributed by atoms with E-state index in [2.05, 4.69) is 0 Å². The van der Waals surface area contributed by atoms with Crippen molar-refractivity contribution in [2.24, 2.45) is 11.8 Å². The van der Waals surface area contributed by atoms with E-state index in [1.165, 1.54) is 6.92 Å². The number of rotatable bonds is 2. The lowest BCUT2D eigenvalue weighted by Gasteiger charge is -1.83. The number of Topliss-reactive ketones (excluding diaryl/α,β-unsaturated/α-hetero) is 1. The highest BCUT2D eigenvalue weighted by Crippen LogP contribution is 2.38. The van der Waals surface area contributed by atoms with Crippen molar-refractivity contribution in [2.75, 3.05) is 6.67 Å². The molecule has 46 valence electrons. The SMILES string of the molecule is CC(=O)[C@H]1C[C@@H]1CF. The molecule has 1 aliphatic rings. The predicted molar refractivity (Wildman–Crippen MR) is 28.3 cm³/mol. The van der Waals surface area contributed by atoms with Gasteiger partial charge in [0.15, 0.2) is 0 Å². The monoisotopic (exact) mass is 116 g/mol. The maximum Gasteiger partial charge on any atom is 0.133 e. The fourth-order valence-corrected chi connectivity index (χ4v) is 0.916. The first-order chi connectivity index (χ1) is 3.75. The highest BCUT2D eigenvalue weighted by Gasteiger charge is 2.40. The first kappa shape index (κ1) is 5.73. The summed E-state index contributed by atoms with van der Waals surface area (Å²) in [6.07, 6.45) is 0.784. The summed E-state index contributed by atoms with van der Waals surface area (Å²) in [4.78, 5) is 10.4. The third kappa shape index (κ3) is 0.881. The Labute approximate surface area is 47.9 Å². The Morgan fingerprint density at radius 2 is 2.50 bits per heavy atom. The van der Waals surface area contributed by atoms with Gasteiger partial charge in [0.05, 0.1) is 6.67 Å². The highest BCUT2D eigenvalue weighted by atomic mass is 19.1. The molecule has 0 aromatic carbocycles. The van der Waals surface area contributed by atoms with Gasteiger partial charge in [-0.3, -0.25) is 9.18 Å². The molecule has 0 amide bonds. The average molecular weight is 116 g/mol. The molecule has 0 aliphatic heterocycles. The lowest BCUT2D eigenvalue weighted by Crippen LogP contribution is -1.95. The van der Waals surface area contributed by atoms with Crippen molar-refractivity contribution in [3.05, 3.63) is 0 Å². The zero-order valence-corrected chi connectivity index (χ0v) is 4.86. The summed E-state index contributed by atoms with van der Waals surface area (Å²) < 4.78 is 11.6. The van der Waals surface area contributed by atoms with Crippen LogP contribution in [-0.2, 0) is 4.79 Å². The fraction of sp³-hybridized carbons (Fsp3) is 0.833. The molecular formula is C6H9FO. The summed E-state index contributed by atoms with van der Waals surface area (Å²) in [5.41, 5.74) is 0. The number of hydrogen-bond acceptors (Lipinski definition) is 1. The van der Waals surface area contributed by atoms with Gasteiger partial charge in [-0.2, -0.15) is 0 Å². The van der Waals surface area contributed by atoms with E-state index in [-0.39, 0.29) is 24.3 Å². The molecule has 2 atom stereocenters. The van der Waals surface area contributed by atoms with Crippen LogP contribution in [0, 0.1) is 11.8 Å². The van der Waals surface area contributed by atoms with Gasteiger partial charge in [-0.15, -0.1) is 0 Å². The molecule has 0 bridgehead atoms. The summed E-state index contributed by atoms with van der Waals surface area (Å²) in [5, 5.41) is 0. The quantitative estimate of drug-likeness (QED) is 0.529. The maximum absolute atomic E-state index is 11.6. The topological polar surface area (TPSA) is 17.1 Å². The Morgan fingerprint density at radius 3 is 2.62 bits per heavy atom. The first-order valence-electron chi connectivity index (χ1n) is 2.82. The Kier molecular flexibility index (Phi) is 1.32. The van der Waals surface area contributed by atoms with Crippen LogP contribution in [0.3, 0.4) is 0 Å². The minimum Gasteiger partial charge on any atom is -0.300 e. The molecule has 0 unspecified atom stereocenters. The number of halogens is 1. The number of carbonyl (C=O) groups excluding carboxylic acids is 1. The van der Waals surface area contributed by atoms with Gasteiger partial charge >= 0.3 is 0 Å². The smallest absolute Gasteiger partial charge is 0.133 e. The van der Waals surface area contributed by atoms with Crippen LogP contribution in [0.4, 0.5) is 4.39 Å². The van der Waals surface area contributed by atoms with Crippen LogP contribution < -0.4 is 0 Å². The minimum atomic E-state index is -0.315. The Morgan fingerprint density at radius 1 is 1.88 bits per heavy atom.